The minimum absolute atomic E-state index is 0.712. The second kappa shape index (κ2) is 20.9. The molecule has 1 nitrogen and oxygen atoms in total. The van der Waals surface area contributed by atoms with Gasteiger partial charge in [0.2, 0.25) is 0 Å². The molecule has 0 aromatic heterocycles. The van der Waals surface area contributed by atoms with Crippen LogP contribution in [0.5, 0.6) is 0 Å². The third kappa shape index (κ3) is 21.1. The fourth-order valence-corrected chi connectivity index (χ4v) is 2.77. The molecule has 0 aliphatic heterocycles. The van der Waals surface area contributed by atoms with Crippen molar-refractivity contribution in [2.24, 2.45) is 0 Å². The molecule has 0 aliphatic rings. The van der Waals surface area contributed by atoms with E-state index in [2.05, 4.69) is 114 Å². The van der Waals surface area contributed by atoms with Crippen molar-refractivity contribution in [3.05, 3.63) is 142 Å². The number of aldehydes is 1. The summed E-state index contributed by atoms with van der Waals surface area (Å²) in [5, 5.41) is 0. The highest BCUT2D eigenvalue weighted by molar-refractivity contribution is 5.72. The molecule has 192 valence electrons. The van der Waals surface area contributed by atoms with E-state index >= 15 is 0 Å². The average Bonchev–Trinajstić information content (AvgIpc) is 2.81. The molecule has 0 bridgehead atoms. The Hall–Kier alpha value is -3.45. The third-order valence-electron chi connectivity index (χ3n) is 5.00. The number of hydrogen-bond donors (Lipinski definition) is 0. The zero-order chi connectivity index (χ0) is 27.2. The van der Waals surface area contributed by atoms with Gasteiger partial charge in [-0.2, -0.15) is 0 Å². The first kappa shape index (κ1) is 32.6. The highest BCUT2D eigenvalue weighted by Crippen LogP contribution is 2.08. The van der Waals surface area contributed by atoms with Crippen molar-refractivity contribution < 1.29 is 4.79 Å². The molecule has 0 unspecified atom stereocenters. The topological polar surface area (TPSA) is 17.1 Å². The molecule has 0 aromatic carbocycles. The summed E-state index contributed by atoms with van der Waals surface area (Å²) in [6.45, 7) is 16.6. The van der Waals surface area contributed by atoms with Crippen LogP contribution in [0.1, 0.15) is 68.2 Å². The molecule has 0 N–H and O–H groups in total. The van der Waals surface area contributed by atoms with Crippen molar-refractivity contribution in [2.45, 2.75) is 68.2 Å². The van der Waals surface area contributed by atoms with Gasteiger partial charge in [-0.05, 0) is 73.8 Å². The summed E-state index contributed by atoms with van der Waals surface area (Å²) in [6.07, 6.45) is 38.3. The maximum absolute atomic E-state index is 10.6. The number of hydrogen-bond acceptors (Lipinski definition) is 1. The van der Waals surface area contributed by atoms with E-state index in [1.54, 1.807) is 13.0 Å². The minimum atomic E-state index is 0.712. The van der Waals surface area contributed by atoms with E-state index in [-0.39, 0.29) is 0 Å². The van der Waals surface area contributed by atoms with E-state index in [1.165, 1.54) is 27.9 Å². The molecule has 0 aliphatic carbocycles. The summed E-state index contributed by atoms with van der Waals surface area (Å²) >= 11 is 0. The van der Waals surface area contributed by atoms with E-state index in [4.69, 9.17) is 0 Å². The van der Waals surface area contributed by atoms with Gasteiger partial charge in [-0.3, -0.25) is 4.79 Å². The molecule has 0 rings (SSSR count). The smallest absolute Gasteiger partial charge is 0.145 e. The van der Waals surface area contributed by atoms with E-state index in [0.29, 0.717) is 5.57 Å². The van der Waals surface area contributed by atoms with Crippen LogP contribution < -0.4 is 0 Å². The fourth-order valence-electron chi connectivity index (χ4n) is 2.77. The van der Waals surface area contributed by atoms with Gasteiger partial charge in [0.05, 0.1) is 0 Å². The van der Waals surface area contributed by atoms with E-state index in [1.807, 2.05) is 31.2 Å². The van der Waals surface area contributed by atoms with Crippen LogP contribution in [0.15, 0.2) is 142 Å². The Balaban J connectivity index is 4.71. The normalized spacial score (nSPS) is 15.4. The number of carbonyl (C=O) groups excluding carboxylic acids is 1. The Morgan fingerprint density at radius 1 is 0.472 bits per heavy atom. The summed E-state index contributed by atoms with van der Waals surface area (Å²) in [6, 6.07) is 0. The first-order valence-corrected chi connectivity index (χ1v) is 12.6. The van der Waals surface area contributed by atoms with Crippen LogP contribution in [0.25, 0.3) is 0 Å². The van der Waals surface area contributed by atoms with Crippen LogP contribution in [-0.4, -0.2) is 6.29 Å². The van der Waals surface area contributed by atoms with Gasteiger partial charge >= 0.3 is 0 Å². The predicted octanol–water partition coefficient (Wildman–Crippen LogP) is 10.4. The molecule has 0 aromatic rings. The molecule has 0 radical (unpaired) electrons. The van der Waals surface area contributed by atoms with Gasteiger partial charge < -0.3 is 0 Å². The van der Waals surface area contributed by atoms with Crippen LogP contribution in [0, 0.1) is 0 Å². The summed E-state index contributed by atoms with van der Waals surface area (Å²) < 4.78 is 0. The maximum Gasteiger partial charge on any atom is 0.145 e. The zero-order valence-corrected chi connectivity index (χ0v) is 23.7. The van der Waals surface area contributed by atoms with Gasteiger partial charge in [-0.1, -0.05) is 137 Å². The first-order chi connectivity index (χ1) is 17.1. The van der Waals surface area contributed by atoms with Crippen molar-refractivity contribution in [1.82, 2.24) is 0 Å². The number of carbonyl (C=O) groups is 1. The van der Waals surface area contributed by atoms with Gasteiger partial charge in [0.25, 0.3) is 0 Å². The second-order valence-corrected chi connectivity index (χ2v) is 9.33. The third-order valence-corrected chi connectivity index (χ3v) is 5.00. The predicted molar refractivity (Wildman–Crippen MR) is 163 cm³/mol. The lowest BCUT2D eigenvalue weighted by Gasteiger charge is -1.96. The van der Waals surface area contributed by atoms with Crippen LogP contribution in [-0.2, 0) is 4.79 Å². The molecule has 0 fully saturated rings. The average molecular weight is 483 g/mol. The SMILES string of the molecule is CC(C)=CCC/C(C)=C/C=C/C(C)=C/C=C/C(C)=C/C=C/C=C(C)/C=C/C=C(C)/C=C/C=C(\C)C=O. The fraction of sp³-hybridized carbons (Fsp3) is 0.286. The van der Waals surface area contributed by atoms with Gasteiger partial charge in [-0.15, -0.1) is 0 Å². The molecule has 0 saturated carbocycles. The van der Waals surface area contributed by atoms with Gasteiger partial charge in [0.15, 0.2) is 0 Å². The Morgan fingerprint density at radius 2 is 0.833 bits per heavy atom. The number of allylic oxidation sites excluding steroid dienone is 24. The van der Waals surface area contributed by atoms with Crippen molar-refractivity contribution in [3.8, 4) is 0 Å². The summed E-state index contributed by atoms with van der Waals surface area (Å²) in [5.41, 5.74) is 8.20. The van der Waals surface area contributed by atoms with Crippen molar-refractivity contribution in [1.29, 1.82) is 0 Å². The molecular formula is C35H46O. The second-order valence-electron chi connectivity index (χ2n) is 9.33. The standard InChI is InChI=1S/C35H46O/c1-29(2)16-11-19-32(5)22-14-25-33(6)23-12-20-30(3)17-9-10-18-31(4)21-13-24-34(7)26-15-27-35(8)28-36/h9-10,12-18,20-28H,11,19H2,1-8H3/b10-9+,20-12+,21-13+,25-14+,26-15+,30-17+,31-18+,32-22+,33-23+,34-24+,35-27+. The molecule has 0 heterocycles. The summed E-state index contributed by atoms with van der Waals surface area (Å²) in [7, 11) is 0. The zero-order valence-electron chi connectivity index (χ0n) is 23.7. The summed E-state index contributed by atoms with van der Waals surface area (Å²) in [5.74, 6) is 0. The quantitative estimate of drug-likeness (QED) is 0.104. The lowest BCUT2D eigenvalue weighted by molar-refractivity contribution is -0.104. The molecule has 0 spiro atoms. The lowest BCUT2D eigenvalue weighted by Crippen LogP contribution is -1.76. The van der Waals surface area contributed by atoms with Crippen LogP contribution in [0.2, 0.25) is 0 Å². The number of rotatable bonds is 14. The molecule has 0 amide bonds. The van der Waals surface area contributed by atoms with E-state index < -0.39 is 0 Å². The monoisotopic (exact) mass is 482 g/mol. The van der Waals surface area contributed by atoms with Gasteiger partial charge in [0, 0.05) is 0 Å². The van der Waals surface area contributed by atoms with Crippen molar-refractivity contribution in [2.75, 3.05) is 0 Å². The van der Waals surface area contributed by atoms with Crippen LogP contribution in [0.3, 0.4) is 0 Å². The highest BCUT2D eigenvalue weighted by atomic mass is 16.1. The van der Waals surface area contributed by atoms with Crippen molar-refractivity contribution >= 4 is 6.29 Å². The maximum atomic E-state index is 10.6. The first-order valence-electron chi connectivity index (χ1n) is 12.6. The molecule has 36 heavy (non-hydrogen) atoms. The molecule has 0 atom stereocenters. The highest BCUT2D eigenvalue weighted by Gasteiger charge is 1.87. The van der Waals surface area contributed by atoms with E-state index in [9.17, 15) is 4.79 Å². The Kier molecular flexibility index (Phi) is 18.9. The van der Waals surface area contributed by atoms with Gasteiger partial charge in [-0.25, -0.2) is 0 Å². The molecular weight excluding hydrogens is 436 g/mol. The summed E-state index contributed by atoms with van der Waals surface area (Å²) in [4.78, 5) is 10.6. The minimum Gasteiger partial charge on any atom is -0.298 e. The largest absolute Gasteiger partial charge is 0.298 e. The molecule has 1 heteroatoms. The Bertz CT molecular complexity index is 1040. The lowest BCUT2D eigenvalue weighted by atomic mass is 10.1. The van der Waals surface area contributed by atoms with E-state index in [0.717, 1.165) is 24.7 Å². The van der Waals surface area contributed by atoms with Crippen molar-refractivity contribution in [3.63, 3.8) is 0 Å². The van der Waals surface area contributed by atoms with Gasteiger partial charge in [0.1, 0.15) is 6.29 Å². The Morgan fingerprint density at radius 3 is 1.22 bits per heavy atom. The Labute approximate surface area is 221 Å². The van der Waals surface area contributed by atoms with Crippen LogP contribution in [0.4, 0.5) is 0 Å². The molecule has 0 saturated heterocycles. The van der Waals surface area contributed by atoms with Crippen LogP contribution >= 0.6 is 0 Å².